The van der Waals surface area contributed by atoms with Gasteiger partial charge in [-0.15, -0.1) is 0 Å². The van der Waals surface area contributed by atoms with Crippen LogP contribution >= 0.6 is 0 Å². The Hall–Kier alpha value is -0.0400. The van der Waals surface area contributed by atoms with Crippen molar-refractivity contribution in [3.8, 4) is 0 Å². The first kappa shape index (κ1) is 14.5. The molecule has 0 aromatic carbocycles. The molecule has 0 heterocycles. The second-order valence-electron chi connectivity index (χ2n) is 8.83. The molecule has 2 N–H and O–H groups in total. The molecule has 1 heteroatoms. The van der Waals surface area contributed by atoms with Gasteiger partial charge in [-0.1, -0.05) is 57.8 Å². The molecule has 4 fully saturated rings. The second kappa shape index (κ2) is 6.22. The zero-order chi connectivity index (χ0) is 14.2. The van der Waals surface area contributed by atoms with Crippen molar-refractivity contribution in [1.82, 2.24) is 0 Å². The lowest BCUT2D eigenvalue weighted by atomic mass is 9.54. The highest BCUT2D eigenvalue weighted by Gasteiger charge is 2.46. The summed E-state index contributed by atoms with van der Waals surface area (Å²) in [6.45, 7) is 0. The van der Waals surface area contributed by atoms with Crippen molar-refractivity contribution in [1.29, 1.82) is 0 Å². The van der Waals surface area contributed by atoms with Gasteiger partial charge in [0.05, 0.1) is 0 Å². The van der Waals surface area contributed by atoms with Gasteiger partial charge in [0, 0.05) is 6.04 Å². The van der Waals surface area contributed by atoms with Crippen LogP contribution in [0.2, 0.25) is 0 Å². The summed E-state index contributed by atoms with van der Waals surface area (Å²) in [6.07, 6.45) is 19.5. The zero-order valence-corrected chi connectivity index (χ0v) is 13.8. The third-order valence-corrected chi connectivity index (χ3v) is 7.94. The maximum atomic E-state index is 6.65. The van der Waals surface area contributed by atoms with Crippen LogP contribution in [0.5, 0.6) is 0 Å². The third kappa shape index (κ3) is 2.69. The van der Waals surface area contributed by atoms with Crippen molar-refractivity contribution in [3.63, 3.8) is 0 Å². The van der Waals surface area contributed by atoms with Crippen LogP contribution in [0.3, 0.4) is 0 Å². The lowest BCUT2D eigenvalue weighted by Gasteiger charge is -2.52. The van der Waals surface area contributed by atoms with Crippen LogP contribution in [0, 0.1) is 35.5 Å². The van der Waals surface area contributed by atoms with E-state index in [9.17, 15) is 0 Å². The summed E-state index contributed by atoms with van der Waals surface area (Å²) in [4.78, 5) is 0. The van der Waals surface area contributed by atoms with Gasteiger partial charge in [0.2, 0.25) is 0 Å². The fourth-order valence-electron chi connectivity index (χ4n) is 7.18. The highest BCUT2D eigenvalue weighted by Crippen LogP contribution is 2.54. The molecular formula is C20H35N. The first-order valence-electron chi connectivity index (χ1n) is 10.1. The molecule has 7 atom stereocenters. The van der Waals surface area contributed by atoms with E-state index in [1.54, 1.807) is 25.7 Å². The molecule has 0 aromatic heterocycles. The number of rotatable bonds is 1. The Morgan fingerprint density at radius 3 is 1.90 bits per heavy atom. The van der Waals surface area contributed by atoms with E-state index >= 15 is 0 Å². The van der Waals surface area contributed by atoms with Crippen LogP contribution in [0.1, 0.15) is 83.5 Å². The van der Waals surface area contributed by atoms with Gasteiger partial charge in [0.1, 0.15) is 0 Å². The monoisotopic (exact) mass is 289 g/mol. The summed E-state index contributed by atoms with van der Waals surface area (Å²) >= 11 is 0. The van der Waals surface area contributed by atoms with Crippen LogP contribution < -0.4 is 5.73 Å². The van der Waals surface area contributed by atoms with Crippen LogP contribution in [0.4, 0.5) is 0 Å². The lowest BCUT2D eigenvalue weighted by Crippen LogP contribution is -2.49. The quantitative estimate of drug-likeness (QED) is 0.711. The minimum atomic E-state index is 0.540. The fraction of sp³-hybridized carbons (Fsp3) is 1.00. The zero-order valence-electron chi connectivity index (χ0n) is 13.8. The first-order valence-corrected chi connectivity index (χ1v) is 10.1. The molecule has 120 valence electrons. The van der Waals surface area contributed by atoms with Gasteiger partial charge >= 0.3 is 0 Å². The number of nitrogens with two attached hydrogens (primary N) is 1. The normalized spacial score (nSPS) is 51.0. The van der Waals surface area contributed by atoms with E-state index in [1.165, 1.54) is 57.8 Å². The Kier molecular flexibility index (Phi) is 4.31. The van der Waals surface area contributed by atoms with Crippen molar-refractivity contribution in [2.24, 2.45) is 41.2 Å². The largest absolute Gasteiger partial charge is 0.327 e. The summed E-state index contributed by atoms with van der Waals surface area (Å²) < 4.78 is 0. The predicted molar refractivity (Wildman–Crippen MR) is 88.9 cm³/mol. The van der Waals surface area contributed by atoms with Crippen molar-refractivity contribution < 1.29 is 0 Å². The molecule has 4 saturated carbocycles. The van der Waals surface area contributed by atoms with Crippen molar-refractivity contribution in [2.45, 2.75) is 89.5 Å². The minimum Gasteiger partial charge on any atom is -0.327 e. The Morgan fingerprint density at radius 2 is 1.05 bits per heavy atom. The van der Waals surface area contributed by atoms with E-state index < -0.39 is 0 Å². The average molecular weight is 290 g/mol. The molecule has 1 nitrogen and oxygen atoms in total. The van der Waals surface area contributed by atoms with Gasteiger partial charge in [-0.2, -0.15) is 0 Å². The van der Waals surface area contributed by atoms with E-state index in [4.69, 9.17) is 5.73 Å². The average Bonchev–Trinajstić information content (AvgIpc) is 2.54. The summed E-state index contributed by atoms with van der Waals surface area (Å²) in [5.41, 5.74) is 6.65. The van der Waals surface area contributed by atoms with Crippen molar-refractivity contribution in [3.05, 3.63) is 0 Å². The van der Waals surface area contributed by atoms with E-state index in [1.807, 2.05) is 0 Å². The van der Waals surface area contributed by atoms with Gasteiger partial charge in [0.25, 0.3) is 0 Å². The lowest BCUT2D eigenvalue weighted by molar-refractivity contribution is -0.0166. The topological polar surface area (TPSA) is 26.0 Å². The third-order valence-electron chi connectivity index (χ3n) is 7.94. The van der Waals surface area contributed by atoms with Gasteiger partial charge in [-0.3, -0.25) is 0 Å². The fourth-order valence-corrected chi connectivity index (χ4v) is 7.18. The molecule has 4 rings (SSSR count). The second-order valence-corrected chi connectivity index (χ2v) is 8.83. The summed E-state index contributed by atoms with van der Waals surface area (Å²) in [5.74, 6) is 6.14. The maximum Gasteiger partial charge on any atom is 0.00725 e. The molecular weight excluding hydrogens is 254 g/mol. The minimum absolute atomic E-state index is 0.540. The molecule has 21 heavy (non-hydrogen) atoms. The number of fused-ring (bicyclic) bond motifs is 2. The standard InChI is InChI=1S/C20H35N/c21-19-13-5-9-15-8-4-12-18(20(15)19)17-11-3-7-14-6-1-2-10-16(14)17/h14-20H,1-13,21H2. The van der Waals surface area contributed by atoms with Gasteiger partial charge < -0.3 is 5.73 Å². The summed E-state index contributed by atoms with van der Waals surface area (Å²) in [7, 11) is 0. The van der Waals surface area contributed by atoms with Crippen molar-refractivity contribution >= 4 is 0 Å². The molecule has 7 unspecified atom stereocenters. The molecule has 0 bridgehead atoms. The molecule has 0 spiro atoms. The highest BCUT2D eigenvalue weighted by atomic mass is 14.7. The molecule has 4 aliphatic carbocycles. The molecule has 0 amide bonds. The van der Waals surface area contributed by atoms with Crippen LogP contribution in [-0.4, -0.2) is 6.04 Å². The van der Waals surface area contributed by atoms with Crippen LogP contribution in [-0.2, 0) is 0 Å². The number of hydrogen-bond acceptors (Lipinski definition) is 1. The van der Waals surface area contributed by atoms with Crippen molar-refractivity contribution in [2.75, 3.05) is 0 Å². The Balaban J connectivity index is 1.55. The number of hydrogen-bond donors (Lipinski definition) is 1. The molecule has 0 aromatic rings. The van der Waals surface area contributed by atoms with Gasteiger partial charge in [0.15, 0.2) is 0 Å². The maximum absolute atomic E-state index is 6.65. The Bertz CT molecular complexity index is 348. The Morgan fingerprint density at radius 1 is 0.476 bits per heavy atom. The van der Waals surface area contributed by atoms with E-state index in [0.29, 0.717) is 6.04 Å². The first-order chi connectivity index (χ1) is 10.3. The van der Waals surface area contributed by atoms with E-state index in [-0.39, 0.29) is 0 Å². The molecule has 0 radical (unpaired) electrons. The molecule has 0 aliphatic heterocycles. The summed E-state index contributed by atoms with van der Waals surface area (Å²) in [6, 6.07) is 0.540. The van der Waals surface area contributed by atoms with E-state index in [2.05, 4.69) is 0 Å². The predicted octanol–water partition coefficient (Wildman–Crippen LogP) is 5.14. The summed E-state index contributed by atoms with van der Waals surface area (Å²) in [5, 5.41) is 0. The molecule has 0 saturated heterocycles. The van der Waals surface area contributed by atoms with E-state index in [0.717, 1.165) is 35.5 Å². The van der Waals surface area contributed by atoms with Gasteiger partial charge in [-0.05, 0) is 61.2 Å². The highest BCUT2D eigenvalue weighted by molar-refractivity contribution is 4.98. The van der Waals surface area contributed by atoms with Crippen LogP contribution in [0.25, 0.3) is 0 Å². The SMILES string of the molecule is NC1CCCC2CCCC(C3CCCC4CCCCC43)C12. The smallest absolute Gasteiger partial charge is 0.00725 e. The van der Waals surface area contributed by atoms with Gasteiger partial charge in [-0.25, -0.2) is 0 Å². The Labute approximate surface area is 131 Å². The van der Waals surface area contributed by atoms with Crippen LogP contribution in [0.15, 0.2) is 0 Å². The molecule has 4 aliphatic rings.